The molecule has 2 heterocycles. The summed E-state index contributed by atoms with van der Waals surface area (Å²) in [4.78, 5) is 4.54. The lowest BCUT2D eigenvalue weighted by Gasteiger charge is -2.12. The van der Waals surface area contributed by atoms with Gasteiger partial charge in [0.05, 0.1) is 12.6 Å². The molecule has 0 saturated heterocycles. The molecule has 1 aromatic carbocycles. The Labute approximate surface area is 106 Å². The first-order chi connectivity index (χ1) is 8.36. The molecule has 0 saturated carbocycles. The first-order valence-corrected chi connectivity index (χ1v) is 6.94. The van der Waals surface area contributed by atoms with Crippen LogP contribution in [0.3, 0.4) is 0 Å². The van der Waals surface area contributed by atoms with Gasteiger partial charge in [0.2, 0.25) is 0 Å². The predicted octanol–water partition coefficient (Wildman–Crippen LogP) is 2.59. The number of hydrogen-bond acceptors (Lipinski definition) is 4. The van der Waals surface area contributed by atoms with E-state index in [4.69, 9.17) is 4.74 Å². The van der Waals surface area contributed by atoms with E-state index in [9.17, 15) is 0 Å². The molecule has 2 aliphatic heterocycles. The van der Waals surface area contributed by atoms with E-state index in [1.165, 1.54) is 12.0 Å². The lowest BCUT2D eigenvalue weighted by Crippen LogP contribution is -2.26. The highest BCUT2D eigenvalue weighted by Gasteiger charge is 2.26. The Morgan fingerprint density at radius 3 is 3.18 bits per heavy atom. The van der Waals surface area contributed by atoms with Gasteiger partial charge in [0.15, 0.2) is 5.17 Å². The Morgan fingerprint density at radius 2 is 2.35 bits per heavy atom. The SMILES string of the molecule is CCC1CN=C(NC2COc3ccccc32)S1. The second-order valence-corrected chi connectivity index (χ2v) is 5.63. The number of para-hydroxylation sites is 1. The summed E-state index contributed by atoms with van der Waals surface area (Å²) in [7, 11) is 0. The Bertz CT molecular complexity index is 447. The highest BCUT2D eigenvalue weighted by molar-refractivity contribution is 8.14. The molecule has 1 N–H and O–H groups in total. The average molecular weight is 248 g/mol. The van der Waals surface area contributed by atoms with Crippen molar-refractivity contribution in [3.05, 3.63) is 29.8 Å². The molecule has 0 aromatic heterocycles. The molecule has 0 fully saturated rings. The minimum atomic E-state index is 0.257. The number of ether oxygens (including phenoxy) is 1. The molecule has 1 aromatic rings. The number of fused-ring (bicyclic) bond motifs is 1. The fraction of sp³-hybridized carbons (Fsp3) is 0.462. The van der Waals surface area contributed by atoms with Crippen LogP contribution in [-0.4, -0.2) is 23.6 Å². The predicted molar refractivity (Wildman–Crippen MR) is 71.8 cm³/mol. The van der Waals surface area contributed by atoms with Gasteiger partial charge in [-0.05, 0) is 12.5 Å². The van der Waals surface area contributed by atoms with Crippen LogP contribution in [0.15, 0.2) is 29.3 Å². The molecule has 3 nitrogen and oxygen atoms in total. The number of hydrogen-bond donors (Lipinski definition) is 1. The highest BCUT2D eigenvalue weighted by Crippen LogP contribution is 2.33. The van der Waals surface area contributed by atoms with Gasteiger partial charge in [0.25, 0.3) is 0 Å². The van der Waals surface area contributed by atoms with E-state index < -0.39 is 0 Å². The third-order valence-corrected chi connectivity index (χ3v) is 4.46. The van der Waals surface area contributed by atoms with E-state index in [1.807, 2.05) is 23.9 Å². The standard InChI is InChI=1S/C13H16N2OS/c1-2-9-7-14-13(17-9)15-11-8-16-12-6-4-3-5-10(11)12/h3-6,9,11H,2,7-8H2,1H3,(H,14,15). The number of nitrogens with one attached hydrogen (secondary N) is 1. The third kappa shape index (κ3) is 2.14. The Balaban J connectivity index is 1.68. The van der Waals surface area contributed by atoms with Crippen molar-refractivity contribution in [3.8, 4) is 5.75 Å². The van der Waals surface area contributed by atoms with Crippen LogP contribution in [-0.2, 0) is 0 Å². The molecule has 0 bridgehead atoms. The molecule has 2 atom stereocenters. The van der Waals surface area contributed by atoms with E-state index >= 15 is 0 Å². The van der Waals surface area contributed by atoms with Gasteiger partial charge in [-0.15, -0.1) is 0 Å². The summed E-state index contributed by atoms with van der Waals surface area (Å²) >= 11 is 1.86. The number of thioether (sulfide) groups is 1. The fourth-order valence-electron chi connectivity index (χ4n) is 2.14. The zero-order valence-electron chi connectivity index (χ0n) is 9.85. The quantitative estimate of drug-likeness (QED) is 0.873. The normalized spacial score (nSPS) is 26.3. The Kier molecular flexibility index (Phi) is 2.97. The van der Waals surface area contributed by atoms with Crippen LogP contribution in [0, 0.1) is 0 Å². The van der Waals surface area contributed by atoms with Crippen molar-refractivity contribution in [2.24, 2.45) is 4.99 Å². The number of nitrogens with zero attached hydrogens (tertiary/aromatic N) is 1. The van der Waals surface area contributed by atoms with Gasteiger partial charge in [-0.1, -0.05) is 36.9 Å². The van der Waals surface area contributed by atoms with Crippen LogP contribution in [0.5, 0.6) is 5.75 Å². The van der Waals surface area contributed by atoms with E-state index in [2.05, 4.69) is 29.4 Å². The van der Waals surface area contributed by atoms with Crippen LogP contribution < -0.4 is 10.1 Å². The third-order valence-electron chi connectivity index (χ3n) is 3.17. The molecular weight excluding hydrogens is 232 g/mol. The maximum absolute atomic E-state index is 5.65. The molecule has 2 aliphatic rings. The van der Waals surface area contributed by atoms with Gasteiger partial charge in [-0.3, -0.25) is 4.99 Å². The molecule has 2 unspecified atom stereocenters. The number of benzene rings is 1. The van der Waals surface area contributed by atoms with E-state index in [0.29, 0.717) is 11.9 Å². The maximum Gasteiger partial charge on any atom is 0.157 e. The lowest BCUT2D eigenvalue weighted by molar-refractivity contribution is 0.325. The van der Waals surface area contributed by atoms with E-state index in [-0.39, 0.29) is 6.04 Å². The highest BCUT2D eigenvalue weighted by atomic mass is 32.2. The van der Waals surface area contributed by atoms with Crippen LogP contribution >= 0.6 is 11.8 Å². The molecule has 0 radical (unpaired) electrons. The van der Waals surface area contributed by atoms with Crippen LogP contribution in [0.25, 0.3) is 0 Å². The summed E-state index contributed by atoms with van der Waals surface area (Å²) in [5.41, 5.74) is 1.25. The van der Waals surface area contributed by atoms with Crippen molar-refractivity contribution in [3.63, 3.8) is 0 Å². The monoisotopic (exact) mass is 248 g/mol. The molecule has 17 heavy (non-hydrogen) atoms. The second-order valence-electron chi connectivity index (χ2n) is 4.34. The van der Waals surface area contributed by atoms with E-state index in [0.717, 1.165) is 17.5 Å². The summed E-state index contributed by atoms with van der Waals surface area (Å²) in [6.45, 7) is 3.86. The van der Waals surface area contributed by atoms with Gasteiger partial charge < -0.3 is 10.1 Å². The Morgan fingerprint density at radius 1 is 1.47 bits per heavy atom. The van der Waals surface area contributed by atoms with Crippen LogP contribution in [0.4, 0.5) is 0 Å². The first kappa shape index (κ1) is 11.0. The zero-order valence-corrected chi connectivity index (χ0v) is 10.7. The zero-order chi connectivity index (χ0) is 11.7. The summed E-state index contributed by atoms with van der Waals surface area (Å²) in [5.74, 6) is 1.00. The fourth-order valence-corrected chi connectivity index (χ4v) is 3.13. The van der Waals surface area contributed by atoms with Gasteiger partial charge in [0, 0.05) is 10.8 Å². The van der Waals surface area contributed by atoms with Crippen molar-refractivity contribution in [2.75, 3.05) is 13.2 Å². The average Bonchev–Trinajstić information content (AvgIpc) is 2.97. The smallest absolute Gasteiger partial charge is 0.157 e. The molecule has 0 aliphatic carbocycles. The van der Waals surface area contributed by atoms with Crippen molar-refractivity contribution in [1.29, 1.82) is 0 Å². The van der Waals surface area contributed by atoms with Gasteiger partial charge in [0.1, 0.15) is 12.4 Å². The minimum absolute atomic E-state index is 0.257. The molecule has 90 valence electrons. The maximum atomic E-state index is 5.65. The van der Waals surface area contributed by atoms with Crippen molar-refractivity contribution < 1.29 is 4.74 Å². The topological polar surface area (TPSA) is 33.6 Å². The molecule has 3 rings (SSSR count). The molecular formula is C13H16N2OS. The van der Waals surface area contributed by atoms with E-state index in [1.54, 1.807) is 0 Å². The first-order valence-electron chi connectivity index (χ1n) is 6.06. The number of amidine groups is 1. The van der Waals surface area contributed by atoms with Crippen LogP contribution in [0.2, 0.25) is 0 Å². The van der Waals surface area contributed by atoms with Gasteiger partial charge >= 0.3 is 0 Å². The Hall–Kier alpha value is -1.16. The van der Waals surface area contributed by atoms with Crippen LogP contribution in [0.1, 0.15) is 24.9 Å². The molecule has 0 spiro atoms. The summed E-state index contributed by atoms with van der Waals surface area (Å²) in [6.07, 6.45) is 1.18. The van der Waals surface area contributed by atoms with Crippen molar-refractivity contribution in [2.45, 2.75) is 24.6 Å². The number of aliphatic imine (C=N–C) groups is 1. The largest absolute Gasteiger partial charge is 0.491 e. The van der Waals surface area contributed by atoms with Gasteiger partial charge in [-0.25, -0.2) is 0 Å². The van der Waals surface area contributed by atoms with Crippen molar-refractivity contribution >= 4 is 16.9 Å². The number of rotatable bonds is 2. The summed E-state index contributed by atoms with van der Waals surface area (Å²) in [6, 6.07) is 8.47. The second kappa shape index (κ2) is 4.61. The van der Waals surface area contributed by atoms with Gasteiger partial charge in [-0.2, -0.15) is 0 Å². The van der Waals surface area contributed by atoms with Crippen molar-refractivity contribution in [1.82, 2.24) is 5.32 Å². The summed E-state index contributed by atoms with van der Waals surface area (Å²) < 4.78 is 5.65. The molecule has 4 heteroatoms. The minimum Gasteiger partial charge on any atom is -0.491 e. The summed E-state index contributed by atoms with van der Waals surface area (Å²) in [5, 5.41) is 5.21. The lowest BCUT2D eigenvalue weighted by atomic mass is 10.1. The molecule has 0 amide bonds.